The van der Waals surface area contributed by atoms with Crippen LogP contribution in [0.15, 0.2) is 47.6 Å². The molecular weight excluding hydrogens is 386 g/mol. The smallest absolute Gasteiger partial charge is 0.247 e. The second-order valence-electron chi connectivity index (χ2n) is 10.1. The van der Waals surface area contributed by atoms with Crippen LogP contribution >= 0.6 is 0 Å². The highest BCUT2D eigenvalue weighted by Crippen LogP contribution is 2.57. The van der Waals surface area contributed by atoms with Gasteiger partial charge in [0.05, 0.1) is 0 Å². The predicted molar refractivity (Wildman–Crippen MR) is 123 cm³/mol. The number of anilines is 1. The fraction of sp³-hybridized carbons (Fsp3) is 0.538. The Morgan fingerprint density at radius 2 is 1.77 bits per heavy atom. The van der Waals surface area contributed by atoms with Crippen LogP contribution in [-0.4, -0.2) is 53.0 Å². The van der Waals surface area contributed by atoms with Gasteiger partial charge in [-0.1, -0.05) is 41.5 Å². The summed E-state index contributed by atoms with van der Waals surface area (Å²) in [6.45, 7) is 9.96. The molecular formula is C26H33N3O2. The van der Waals surface area contributed by atoms with Crippen molar-refractivity contribution in [1.82, 2.24) is 9.80 Å². The van der Waals surface area contributed by atoms with Gasteiger partial charge in [-0.25, -0.2) is 0 Å². The maximum absolute atomic E-state index is 13.8. The summed E-state index contributed by atoms with van der Waals surface area (Å²) in [5.41, 5.74) is 4.78. The molecule has 5 rings (SSSR count). The zero-order valence-corrected chi connectivity index (χ0v) is 19.1. The van der Waals surface area contributed by atoms with Gasteiger partial charge >= 0.3 is 0 Å². The van der Waals surface area contributed by atoms with Crippen LogP contribution in [0.25, 0.3) is 0 Å². The van der Waals surface area contributed by atoms with Crippen molar-refractivity contribution < 1.29 is 9.59 Å². The Balaban J connectivity index is 1.67. The minimum Gasteiger partial charge on any atom is -0.346 e. The molecule has 31 heavy (non-hydrogen) atoms. The molecule has 0 spiro atoms. The van der Waals surface area contributed by atoms with Crippen molar-refractivity contribution >= 4 is 17.5 Å². The van der Waals surface area contributed by atoms with Crippen molar-refractivity contribution in [3.63, 3.8) is 0 Å². The van der Waals surface area contributed by atoms with Gasteiger partial charge in [-0.15, -0.1) is 0 Å². The van der Waals surface area contributed by atoms with Crippen LogP contribution in [0.2, 0.25) is 0 Å². The molecule has 164 valence electrons. The number of allylic oxidation sites excluding steroid dienone is 3. The average Bonchev–Trinajstić information content (AvgIpc) is 3.41. The summed E-state index contributed by atoms with van der Waals surface area (Å²) in [4.78, 5) is 33.5. The van der Waals surface area contributed by atoms with E-state index in [0.717, 1.165) is 32.4 Å². The third kappa shape index (κ3) is 2.89. The lowest BCUT2D eigenvalue weighted by Gasteiger charge is -2.44. The molecule has 2 amide bonds. The fourth-order valence-corrected chi connectivity index (χ4v) is 6.26. The van der Waals surface area contributed by atoms with Crippen LogP contribution < -0.4 is 4.90 Å². The molecule has 0 aromatic heterocycles. The number of carbonyl (C=O) groups excluding carboxylic acids is 2. The molecule has 0 saturated carbocycles. The third-order valence-corrected chi connectivity index (χ3v) is 7.63. The van der Waals surface area contributed by atoms with Crippen molar-refractivity contribution in [2.24, 2.45) is 0 Å². The van der Waals surface area contributed by atoms with E-state index in [1.165, 1.54) is 22.4 Å². The van der Waals surface area contributed by atoms with Crippen molar-refractivity contribution in [2.75, 3.05) is 18.0 Å². The first kappa shape index (κ1) is 20.3. The number of piperazine rings is 1. The van der Waals surface area contributed by atoms with Crippen molar-refractivity contribution in [1.29, 1.82) is 0 Å². The van der Waals surface area contributed by atoms with Crippen molar-refractivity contribution in [3.05, 3.63) is 53.1 Å². The third-order valence-electron chi connectivity index (χ3n) is 7.63. The molecule has 0 bridgehead atoms. The molecule has 0 N–H and O–H groups in total. The van der Waals surface area contributed by atoms with Gasteiger partial charge in [0.1, 0.15) is 18.2 Å². The normalized spacial score (nSPS) is 30.7. The van der Waals surface area contributed by atoms with E-state index >= 15 is 0 Å². The van der Waals surface area contributed by atoms with Crippen molar-refractivity contribution in [2.45, 2.75) is 77.0 Å². The quantitative estimate of drug-likeness (QED) is 0.693. The summed E-state index contributed by atoms with van der Waals surface area (Å²) in [6.07, 6.45) is 7.70. The largest absolute Gasteiger partial charge is 0.346 e. The summed E-state index contributed by atoms with van der Waals surface area (Å²) in [7, 11) is 0. The van der Waals surface area contributed by atoms with Crippen LogP contribution in [0.5, 0.6) is 0 Å². The Morgan fingerprint density at radius 3 is 2.52 bits per heavy atom. The lowest BCUT2D eigenvalue weighted by molar-refractivity contribution is -0.159. The van der Waals surface area contributed by atoms with E-state index in [9.17, 15) is 9.59 Å². The summed E-state index contributed by atoms with van der Waals surface area (Å²) in [6, 6.07) is 7.98. The minimum absolute atomic E-state index is 0.111. The Morgan fingerprint density at radius 1 is 1.03 bits per heavy atom. The van der Waals surface area contributed by atoms with Gasteiger partial charge in [0.2, 0.25) is 11.8 Å². The Labute approximate surface area is 185 Å². The molecule has 0 aliphatic carbocycles. The van der Waals surface area contributed by atoms with E-state index < -0.39 is 0 Å². The van der Waals surface area contributed by atoms with E-state index in [2.05, 4.69) is 69.0 Å². The van der Waals surface area contributed by atoms with E-state index in [1.54, 1.807) is 0 Å². The molecule has 4 atom stereocenters. The number of hydrogen-bond acceptors (Lipinski definition) is 3. The summed E-state index contributed by atoms with van der Waals surface area (Å²) >= 11 is 0. The van der Waals surface area contributed by atoms with E-state index in [1.807, 2.05) is 9.80 Å². The lowest BCUT2D eigenvalue weighted by Crippen LogP contribution is -2.65. The number of rotatable bonds is 4. The second kappa shape index (κ2) is 7.25. The number of hydrogen-bond donors (Lipinski definition) is 0. The molecule has 4 aliphatic rings. The first-order valence-corrected chi connectivity index (χ1v) is 11.6. The van der Waals surface area contributed by atoms with Gasteiger partial charge in [-0.3, -0.25) is 9.59 Å². The van der Waals surface area contributed by atoms with Gasteiger partial charge in [0.15, 0.2) is 0 Å². The van der Waals surface area contributed by atoms with Crippen LogP contribution in [0.1, 0.15) is 58.9 Å². The number of amides is 2. The molecule has 4 heterocycles. The Bertz CT molecular complexity index is 988. The van der Waals surface area contributed by atoms with E-state index in [4.69, 9.17) is 0 Å². The van der Waals surface area contributed by atoms with Gasteiger partial charge in [0.25, 0.3) is 0 Å². The molecule has 5 nitrogen and oxygen atoms in total. The van der Waals surface area contributed by atoms with Crippen LogP contribution in [0, 0.1) is 0 Å². The molecule has 3 saturated heterocycles. The molecule has 1 aromatic rings. The first-order valence-electron chi connectivity index (χ1n) is 11.6. The molecule has 5 heteroatoms. The Hall–Kier alpha value is -2.56. The minimum atomic E-state index is -0.347. The molecule has 1 aromatic carbocycles. The van der Waals surface area contributed by atoms with Gasteiger partial charge < -0.3 is 14.7 Å². The van der Waals surface area contributed by atoms with Gasteiger partial charge in [0, 0.05) is 24.2 Å². The number of benzene rings is 1. The topological polar surface area (TPSA) is 43.9 Å². The molecule has 4 aliphatic heterocycles. The highest BCUT2D eigenvalue weighted by molar-refractivity contribution is 5.99. The SMILES string of the molecule is CC(C)=CCN1c2ccccc2[C@@]2(CC=C(C)C)C[C@H]3C(=O)N4CCC[C@H]4C(=O)N3[C@@H]12. The highest BCUT2D eigenvalue weighted by atomic mass is 16.2. The summed E-state index contributed by atoms with van der Waals surface area (Å²) in [5, 5.41) is 0. The van der Waals surface area contributed by atoms with Crippen LogP contribution in [-0.2, 0) is 15.0 Å². The lowest BCUT2D eigenvalue weighted by atomic mass is 9.75. The van der Waals surface area contributed by atoms with E-state index in [0.29, 0.717) is 6.42 Å². The molecule has 3 fully saturated rings. The summed E-state index contributed by atoms with van der Waals surface area (Å²) in [5.74, 6) is 0.314. The fourth-order valence-electron chi connectivity index (χ4n) is 6.26. The number of para-hydroxylation sites is 1. The maximum atomic E-state index is 13.8. The number of fused-ring (bicyclic) bond motifs is 6. The molecule has 0 radical (unpaired) electrons. The van der Waals surface area contributed by atoms with E-state index in [-0.39, 0.29) is 35.5 Å². The average molecular weight is 420 g/mol. The monoisotopic (exact) mass is 419 g/mol. The number of carbonyl (C=O) groups is 2. The zero-order valence-electron chi connectivity index (χ0n) is 19.1. The van der Waals surface area contributed by atoms with Crippen molar-refractivity contribution in [3.8, 4) is 0 Å². The first-order chi connectivity index (χ1) is 14.8. The van der Waals surface area contributed by atoms with Crippen LogP contribution in [0.3, 0.4) is 0 Å². The number of nitrogens with zero attached hydrogens (tertiary/aromatic N) is 3. The maximum Gasteiger partial charge on any atom is 0.247 e. The predicted octanol–water partition coefficient (Wildman–Crippen LogP) is 4.00. The molecule has 0 unspecified atom stereocenters. The summed E-state index contributed by atoms with van der Waals surface area (Å²) < 4.78 is 0. The van der Waals surface area contributed by atoms with Gasteiger partial charge in [-0.2, -0.15) is 0 Å². The highest BCUT2D eigenvalue weighted by Gasteiger charge is 2.66. The Kier molecular flexibility index (Phi) is 4.76. The van der Waals surface area contributed by atoms with Crippen LogP contribution in [0.4, 0.5) is 5.69 Å². The standard InChI is InChI=1S/C26H33N3O2/c1-17(2)11-13-26-16-22-23(30)27-14-7-10-21(27)24(31)29(22)25(26)28(15-12-18(3)4)20-9-6-5-8-19(20)26/h5-6,8-9,11-12,21-22,25H,7,10,13-16H2,1-4H3/t21-,22-,25+,26+/m0/s1. The zero-order chi connectivity index (χ0) is 21.9. The van der Waals surface area contributed by atoms with Gasteiger partial charge in [-0.05, 0) is 65.0 Å². The second-order valence-corrected chi connectivity index (χ2v) is 10.1.